The van der Waals surface area contributed by atoms with Crippen LogP contribution in [0.1, 0.15) is 30.5 Å². The second kappa shape index (κ2) is 4.43. The van der Waals surface area contributed by atoms with Gasteiger partial charge in [0.25, 0.3) is 0 Å². The number of hydrogen-bond acceptors (Lipinski definition) is 1. The zero-order chi connectivity index (χ0) is 10.6. The van der Waals surface area contributed by atoms with Crippen molar-refractivity contribution < 1.29 is 0 Å². The maximum absolute atomic E-state index is 8.83. The molecule has 0 fully saturated rings. The Hall–Kier alpha value is -1.81. The van der Waals surface area contributed by atoms with Crippen molar-refractivity contribution in [1.82, 2.24) is 0 Å². The van der Waals surface area contributed by atoms with E-state index in [0.717, 1.165) is 16.7 Å². The molecular weight excluding hydrogens is 170 g/mol. The molecule has 1 rings (SSSR count). The highest BCUT2D eigenvalue weighted by Crippen LogP contribution is 2.17. The zero-order valence-electron chi connectivity index (χ0n) is 8.54. The standard InChI is InChI=1S/C13H13N/c1-4-5-11-6-12(9-14)8-13(7-11)10(2)3/h4-8H,2H2,1,3H3/b5-4+. The highest BCUT2D eigenvalue weighted by molar-refractivity contribution is 5.67. The summed E-state index contributed by atoms with van der Waals surface area (Å²) in [5.74, 6) is 0. The maximum Gasteiger partial charge on any atom is 0.0992 e. The van der Waals surface area contributed by atoms with Gasteiger partial charge in [-0.05, 0) is 43.2 Å². The predicted octanol–water partition coefficient (Wildman–Crippen LogP) is 3.62. The van der Waals surface area contributed by atoms with Crippen LogP contribution in [-0.4, -0.2) is 0 Å². The number of allylic oxidation sites excluding steroid dienone is 2. The Morgan fingerprint density at radius 3 is 2.64 bits per heavy atom. The van der Waals surface area contributed by atoms with E-state index in [2.05, 4.69) is 12.6 Å². The summed E-state index contributed by atoms with van der Waals surface area (Å²) in [6, 6.07) is 7.90. The van der Waals surface area contributed by atoms with Crippen LogP contribution in [0.3, 0.4) is 0 Å². The third kappa shape index (κ3) is 2.34. The lowest BCUT2D eigenvalue weighted by atomic mass is 10.0. The highest BCUT2D eigenvalue weighted by Gasteiger charge is 1.98. The summed E-state index contributed by atoms with van der Waals surface area (Å²) in [5.41, 5.74) is 3.73. The number of benzene rings is 1. The van der Waals surface area contributed by atoms with Gasteiger partial charge in [-0.1, -0.05) is 24.3 Å². The second-order valence-electron chi connectivity index (χ2n) is 3.24. The lowest BCUT2D eigenvalue weighted by molar-refractivity contribution is 1.46. The Morgan fingerprint density at radius 2 is 2.14 bits per heavy atom. The average molecular weight is 183 g/mol. The van der Waals surface area contributed by atoms with Crippen molar-refractivity contribution in [2.45, 2.75) is 13.8 Å². The topological polar surface area (TPSA) is 23.8 Å². The van der Waals surface area contributed by atoms with Gasteiger partial charge in [0.2, 0.25) is 0 Å². The van der Waals surface area contributed by atoms with Gasteiger partial charge < -0.3 is 0 Å². The molecule has 0 bridgehead atoms. The molecule has 0 amide bonds. The number of nitriles is 1. The summed E-state index contributed by atoms with van der Waals surface area (Å²) in [6.07, 6.45) is 3.94. The molecule has 0 aliphatic heterocycles. The fraction of sp³-hybridized carbons (Fsp3) is 0.154. The summed E-state index contributed by atoms with van der Waals surface area (Å²) in [4.78, 5) is 0. The molecule has 0 aromatic heterocycles. The van der Waals surface area contributed by atoms with Gasteiger partial charge in [-0.3, -0.25) is 0 Å². The van der Waals surface area contributed by atoms with Crippen LogP contribution in [-0.2, 0) is 0 Å². The Kier molecular flexibility index (Phi) is 3.25. The molecule has 0 heterocycles. The minimum Gasteiger partial charge on any atom is -0.192 e. The van der Waals surface area contributed by atoms with Gasteiger partial charge in [-0.15, -0.1) is 0 Å². The smallest absolute Gasteiger partial charge is 0.0992 e. The van der Waals surface area contributed by atoms with E-state index in [9.17, 15) is 0 Å². The Morgan fingerprint density at radius 1 is 1.43 bits per heavy atom. The van der Waals surface area contributed by atoms with E-state index in [0.29, 0.717) is 5.56 Å². The zero-order valence-corrected chi connectivity index (χ0v) is 8.54. The van der Waals surface area contributed by atoms with Crippen LogP contribution >= 0.6 is 0 Å². The van der Waals surface area contributed by atoms with Crippen molar-refractivity contribution in [3.05, 3.63) is 47.5 Å². The summed E-state index contributed by atoms with van der Waals surface area (Å²) in [5, 5.41) is 8.83. The summed E-state index contributed by atoms with van der Waals surface area (Å²) >= 11 is 0. The van der Waals surface area contributed by atoms with E-state index in [4.69, 9.17) is 5.26 Å². The van der Waals surface area contributed by atoms with E-state index in [1.54, 1.807) is 0 Å². The predicted molar refractivity (Wildman–Crippen MR) is 60.6 cm³/mol. The van der Waals surface area contributed by atoms with Crippen molar-refractivity contribution in [1.29, 1.82) is 5.26 Å². The SMILES string of the molecule is C=C(C)c1cc(C#N)cc(/C=C/C)c1. The minimum absolute atomic E-state index is 0.679. The summed E-state index contributed by atoms with van der Waals surface area (Å²) in [7, 11) is 0. The van der Waals surface area contributed by atoms with Gasteiger partial charge >= 0.3 is 0 Å². The van der Waals surface area contributed by atoms with Gasteiger partial charge in [0, 0.05) is 0 Å². The Bertz CT molecular complexity index is 419. The van der Waals surface area contributed by atoms with E-state index in [1.807, 2.05) is 44.2 Å². The molecule has 1 nitrogen and oxygen atoms in total. The number of nitrogens with zero attached hydrogens (tertiary/aromatic N) is 1. The Labute approximate surface area is 85.0 Å². The lowest BCUT2D eigenvalue weighted by Crippen LogP contribution is -1.84. The second-order valence-corrected chi connectivity index (χ2v) is 3.24. The van der Waals surface area contributed by atoms with E-state index in [-0.39, 0.29) is 0 Å². The molecule has 0 aliphatic rings. The molecule has 1 heteroatoms. The third-order valence-corrected chi connectivity index (χ3v) is 1.94. The van der Waals surface area contributed by atoms with Crippen molar-refractivity contribution in [2.24, 2.45) is 0 Å². The van der Waals surface area contributed by atoms with Crippen molar-refractivity contribution in [3.63, 3.8) is 0 Å². The minimum atomic E-state index is 0.679. The average Bonchev–Trinajstić information content (AvgIpc) is 2.17. The van der Waals surface area contributed by atoms with Gasteiger partial charge in [0.1, 0.15) is 0 Å². The van der Waals surface area contributed by atoms with Crippen LogP contribution in [0.4, 0.5) is 0 Å². The molecule has 0 unspecified atom stereocenters. The molecule has 1 aromatic carbocycles. The van der Waals surface area contributed by atoms with Crippen molar-refractivity contribution in [3.8, 4) is 6.07 Å². The fourth-order valence-electron chi connectivity index (χ4n) is 1.25. The highest BCUT2D eigenvalue weighted by atomic mass is 14.2. The molecule has 1 aromatic rings. The van der Waals surface area contributed by atoms with E-state index < -0.39 is 0 Å². The van der Waals surface area contributed by atoms with Gasteiger partial charge in [-0.25, -0.2) is 0 Å². The van der Waals surface area contributed by atoms with Gasteiger partial charge in [0.05, 0.1) is 11.6 Å². The first-order chi connectivity index (χ1) is 6.67. The first-order valence-electron chi connectivity index (χ1n) is 4.51. The Balaban J connectivity index is 3.28. The molecule has 0 saturated heterocycles. The molecule has 0 radical (unpaired) electrons. The molecule has 0 aliphatic carbocycles. The molecule has 0 spiro atoms. The van der Waals surface area contributed by atoms with Gasteiger partial charge in [-0.2, -0.15) is 5.26 Å². The van der Waals surface area contributed by atoms with Crippen LogP contribution in [0.25, 0.3) is 11.6 Å². The summed E-state index contributed by atoms with van der Waals surface area (Å²) < 4.78 is 0. The van der Waals surface area contributed by atoms with Gasteiger partial charge in [0.15, 0.2) is 0 Å². The number of rotatable bonds is 2. The largest absolute Gasteiger partial charge is 0.192 e. The fourth-order valence-corrected chi connectivity index (χ4v) is 1.25. The van der Waals surface area contributed by atoms with Crippen molar-refractivity contribution in [2.75, 3.05) is 0 Å². The molecule has 70 valence electrons. The van der Waals surface area contributed by atoms with Crippen LogP contribution in [0.15, 0.2) is 30.9 Å². The molecule has 0 atom stereocenters. The van der Waals surface area contributed by atoms with E-state index in [1.165, 1.54) is 0 Å². The first-order valence-corrected chi connectivity index (χ1v) is 4.51. The molecular formula is C13H13N. The normalized spacial score (nSPS) is 10.1. The summed E-state index contributed by atoms with van der Waals surface area (Å²) in [6.45, 7) is 7.77. The molecule has 14 heavy (non-hydrogen) atoms. The molecule has 0 saturated carbocycles. The van der Waals surface area contributed by atoms with Crippen molar-refractivity contribution >= 4 is 11.6 Å². The van der Waals surface area contributed by atoms with Crippen LogP contribution < -0.4 is 0 Å². The van der Waals surface area contributed by atoms with E-state index >= 15 is 0 Å². The molecule has 0 N–H and O–H groups in total. The monoisotopic (exact) mass is 183 g/mol. The quantitative estimate of drug-likeness (QED) is 0.687. The third-order valence-electron chi connectivity index (χ3n) is 1.94. The van der Waals surface area contributed by atoms with Crippen LogP contribution in [0.2, 0.25) is 0 Å². The number of hydrogen-bond donors (Lipinski definition) is 0. The van der Waals surface area contributed by atoms with Crippen LogP contribution in [0, 0.1) is 11.3 Å². The van der Waals surface area contributed by atoms with Crippen LogP contribution in [0.5, 0.6) is 0 Å². The maximum atomic E-state index is 8.83. The first kappa shape index (κ1) is 10.3. The lowest BCUT2D eigenvalue weighted by Gasteiger charge is -2.02.